The van der Waals surface area contributed by atoms with Gasteiger partial charge in [0.05, 0.1) is 55.8 Å². The molecule has 2 aromatic heterocycles. The van der Waals surface area contributed by atoms with Gasteiger partial charge < -0.3 is 54.1 Å². The van der Waals surface area contributed by atoms with E-state index in [-0.39, 0.29) is 48.6 Å². The summed E-state index contributed by atoms with van der Waals surface area (Å²) >= 11 is 0. The number of carbonyl (C=O) groups excluding carboxylic acids is 5. The monoisotopic (exact) mass is 1040 g/mol. The molecule has 4 aliphatic heterocycles. The molecule has 5 aliphatic rings. The molecule has 76 heavy (non-hydrogen) atoms. The molecule has 6 aromatic rings. The molecular formula is C55H57F2N9O10. The molecule has 0 saturated carbocycles. The van der Waals surface area contributed by atoms with E-state index in [9.17, 15) is 24.0 Å². The van der Waals surface area contributed by atoms with Crippen LogP contribution in [0.5, 0.6) is 11.5 Å². The molecule has 4 aromatic carbocycles. The predicted molar refractivity (Wildman–Crippen MR) is 271 cm³/mol. The minimum atomic E-state index is -3.35. The third kappa shape index (κ3) is 8.93. The lowest BCUT2D eigenvalue weighted by Crippen LogP contribution is -2.51. The van der Waals surface area contributed by atoms with Crippen molar-refractivity contribution < 1.29 is 56.4 Å². The zero-order valence-corrected chi connectivity index (χ0v) is 42.7. The summed E-state index contributed by atoms with van der Waals surface area (Å²) in [5, 5.41) is 5.31. The van der Waals surface area contributed by atoms with Crippen LogP contribution in [0.4, 0.5) is 23.2 Å². The number of benzene rings is 4. The molecule has 0 bridgehead atoms. The normalized spacial score (nSPS) is 19.7. The Hall–Kier alpha value is -8.23. The Labute approximate surface area is 435 Å². The molecule has 396 valence electrons. The van der Waals surface area contributed by atoms with Crippen LogP contribution >= 0.6 is 0 Å². The number of ether oxygens (including phenoxy) is 5. The molecule has 5 atom stereocenters. The maximum absolute atomic E-state index is 16.8. The van der Waals surface area contributed by atoms with E-state index in [2.05, 4.69) is 25.6 Å². The van der Waals surface area contributed by atoms with E-state index in [1.54, 1.807) is 71.1 Å². The van der Waals surface area contributed by atoms with Crippen LogP contribution in [0.3, 0.4) is 0 Å². The summed E-state index contributed by atoms with van der Waals surface area (Å²) in [6.07, 6.45) is 0.399. The van der Waals surface area contributed by atoms with Crippen LogP contribution in [0, 0.1) is 11.8 Å². The number of nitrogens with zero attached hydrogens (tertiary/aromatic N) is 5. The summed E-state index contributed by atoms with van der Waals surface area (Å²) in [5.74, 6) is -2.37. The number of rotatable bonds is 11. The van der Waals surface area contributed by atoms with Crippen LogP contribution < -0.4 is 20.1 Å². The van der Waals surface area contributed by atoms with Crippen LogP contribution in [-0.2, 0) is 42.8 Å². The SMILES string of the molecule is COC(=O)N[C@H](C(=O)N1CC(OC(=O)N2Cc3cc4c(cc3C2)OCO4)CC1c1nc2ccc(-c3ccc4c(c3)C(F)(F)c3cc(-c5cnc([C@@H]6CCCN6C(=O)[C@@H](NC(=O)OC)C(C)C)[nH]5)ccc3-4)cc2[nH]1)C(C)C. The van der Waals surface area contributed by atoms with Gasteiger partial charge in [0.25, 0.3) is 5.92 Å². The number of methoxy groups -OCH3 is 2. The van der Waals surface area contributed by atoms with Crippen molar-refractivity contribution in [2.45, 2.75) is 96.2 Å². The fraction of sp³-hybridized carbons (Fsp3) is 0.400. The summed E-state index contributed by atoms with van der Waals surface area (Å²) in [6, 6.07) is 16.3. The number of amides is 5. The standard InChI is InChI=1S/C55H57F2N9O10/c1-27(2)46(62-52(69)72-5)50(67)65-15-7-8-42(65)48-58-22-41(61-48)31-10-13-36-35-12-9-29(16-37(35)55(56,57)38(36)17-31)30-11-14-39-40(18-30)60-49(59-39)43-21-34(25-66(43)51(68)47(28(3)4)63-53(70)73-6)76-54(71)64-23-32-19-44-45(75-26-74-44)20-33(32)24-64/h9-14,16-20,22,27-28,34,42-43,46-47H,7-8,15,21,23-26H2,1-6H3,(H,58,61)(H,59,60)(H,62,69)(H,63,70)/t34?,42-,43?,46-,47-/m0/s1. The summed E-state index contributed by atoms with van der Waals surface area (Å²) in [7, 11) is 2.46. The first-order chi connectivity index (χ1) is 36.5. The maximum atomic E-state index is 16.8. The molecule has 2 fully saturated rings. The van der Waals surface area contributed by atoms with Crippen molar-refractivity contribution in [3.05, 3.63) is 107 Å². The number of carbonyl (C=O) groups is 5. The third-order valence-corrected chi connectivity index (χ3v) is 15.2. The van der Waals surface area contributed by atoms with E-state index in [0.29, 0.717) is 93.7 Å². The number of nitrogens with one attached hydrogen (secondary N) is 4. The van der Waals surface area contributed by atoms with Gasteiger partial charge in [-0.15, -0.1) is 0 Å². The van der Waals surface area contributed by atoms with Crippen molar-refractivity contribution in [2.24, 2.45) is 11.8 Å². The molecule has 2 saturated heterocycles. The van der Waals surface area contributed by atoms with E-state index in [1.807, 2.05) is 32.0 Å². The van der Waals surface area contributed by atoms with Crippen LogP contribution in [0.25, 0.3) is 44.5 Å². The Morgan fingerprint density at radius 2 is 1.33 bits per heavy atom. The molecule has 0 radical (unpaired) electrons. The average Bonchev–Trinajstić information content (AvgIpc) is 4.32. The topological polar surface area (TPSA) is 223 Å². The number of aromatic amines is 2. The lowest BCUT2D eigenvalue weighted by atomic mass is 9.98. The smallest absolute Gasteiger partial charge is 0.410 e. The lowest BCUT2D eigenvalue weighted by Gasteiger charge is -2.30. The summed E-state index contributed by atoms with van der Waals surface area (Å²) in [4.78, 5) is 87.4. The zero-order chi connectivity index (χ0) is 53.3. The highest BCUT2D eigenvalue weighted by atomic mass is 19.3. The van der Waals surface area contributed by atoms with Crippen molar-refractivity contribution in [3.8, 4) is 45.0 Å². The van der Waals surface area contributed by atoms with E-state index in [0.717, 1.165) is 17.5 Å². The molecule has 1 aliphatic carbocycles. The summed E-state index contributed by atoms with van der Waals surface area (Å²) in [5.41, 5.74) is 5.75. The van der Waals surface area contributed by atoms with Crippen molar-refractivity contribution in [3.63, 3.8) is 0 Å². The Morgan fingerprint density at radius 3 is 1.96 bits per heavy atom. The second-order valence-corrected chi connectivity index (χ2v) is 20.6. The van der Waals surface area contributed by atoms with Gasteiger partial charge in [-0.05, 0) is 94.5 Å². The van der Waals surface area contributed by atoms with E-state index in [4.69, 9.17) is 28.7 Å². The van der Waals surface area contributed by atoms with Crippen molar-refractivity contribution >= 4 is 41.1 Å². The zero-order valence-electron chi connectivity index (χ0n) is 42.7. The highest BCUT2D eigenvalue weighted by Crippen LogP contribution is 2.53. The highest BCUT2D eigenvalue weighted by Gasteiger charge is 2.46. The van der Waals surface area contributed by atoms with Crippen molar-refractivity contribution in [2.75, 3.05) is 34.1 Å². The largest absolute Gasteiger partial charge is 0.454 e. The van der Waals surface area contributed by atoms with Crippen LogP contribution in [0.1, 0.15) is 92.9 Å². The van der Waals surface area contributed by atoms with Gasteiger partial charge in [0.1, 0.15) is 29.8 Å². The number of likely N-dealkylation sites (tertiary alicyclic amines) is 2. The van der Waals surface area contributed by atoms with Gasteiger partial charge in [-0.1, -0.05) is 58.0 Å². The maximum Gasteiger partial charge on any atom is 0.410 e. The number of hydrogen-bond donors (Lipinski definition) is 4. The first-order valence-corrected chi connectivity index (χ1v) is 25.4. The molecule has 11 rings (SSSR count). The fourth-order valence-corrected chi connectivity index (χ4v) is 11.2. The molecule has 21 heteroatoms. The second kappa shape index (κ2) is 19.5. The Bertz CT molecular complexity index is 3290. The molecule has 6 heterocycles. The number of halogens is 2. The van der Waals surface area contributed by atoms with Gasteiger partial charge in [0, 0.05) is 42.7 Å². The molecule has 19 nitrogen and oxygen atoms in total. The first-order valence-electron chi connectivity index (χ1n) is 25.4. The van der Waals surface area contributed by atoms with Gasteiger partial charge >= 0.3 is 18.3 Å². The quantitative estimate of drug-likeness (QED) is 0.0895. The lowest BCUT2D eigenvalue weighted by molar-refractivity contribution is -0.136. The van der Waals surface area contributed by atoms with Gasteiger partial charge in [-0.25, -0.2) is 24.4 Å². The van der Waals surface area contributed by atoms with E-state index in [1.165, 1.54) is 26.4 Å². The van der Waals surface area contributed by atoms with E-state index >= 15 is 8.78 Å². The van der Waals surface area contributed by atoms with Crippen LogP contribution in [0.2, 0.25) is 0 Å². The van der Waals surface area contributed by atoms with Crippen LogP contribution in [-0.4, -0.2) is 117 Å². The summed E-state index contributed by atoms with van der Waals surface area (Å²) in [6.45, 7) is 8.54. The highest BCUT2D eigenvalue weighted by molar-refractivity contribution is 5.89. The van der Waals surface area contributed by atoms with Crippen molar-refractivity contribution in [1.29, 1.82) is 0 Å². The number of H-pyrrole nitrogens is 2. The number of hydrogen-bond acceptors (Lipinski definition) is 12. The van der Waals surface area contributed by atoms with Gasteiger partial charge in [0.15, 0.2) is 11.5 Å². The van der Waals surface area contributed by atoms with Crippen LogP contribution in [0.15, 0.2) is 72.9 Å². The summed E-state index contributed by atoms with van der Waals surface area (Å²) < 4.78 is 60.3. The third-order valence-electron chi connectivity index (χ3n) is 15.2. The van der Waals surface area contributed by atoms with Gasteiger partial charge in [-0.2, -0.15) is 8.78 Å². The average molecular weight is 1040 g/mol. The fourth-order valence-electron chi connectivity index (χ4n) is 11.2. The molecular weight excluding hydrogens is 985 g/mol. The Balaban J connectivity index is 0.823. The number of aromatic nitrogens is 4. The minimum absolute atomic E-state index is 0.0236. The van der Waals surface area contributed by atoms with Gasteiger partial charge in [-0.3, -0.25) is 14.5 Å². The van der Waals surface area contributed by atoms with E-state index < -0.39 is 60.4 Å². The molecule has 5 amide bonds. The minimum Gasteiger partial charge on any atom is -0.454 e. The number of fused-ring (bicyclic) bond motifs is 6. The Morgan fingerprint density at radius 1 is 0.737 bits per heavy atom. The Kier molecular flexibility index (Phi) is 12.8. The number of alkyl halides is 2. The van der Waals surface area contributed by atoms with Gasteiger partial charge in [0.2, 0.25) is 18.6 Å². The number of alkyl carbamates (subject to hydrolysis) is 2. The van der Waals surface area contributed by atoms with Crippen molar-refractivity contribution in [1.82, 2.24) is 45.3 Å². The first kappa shape index (κ1) is 50.0. The molecule has 4 N–H and O–H groups in total. The molecule has 2 unspecified atom stereocenters. The second-order valence-electron chi connectivity index (χ2n) is 20.6. The predicted octanol–water partition coefficient (Wildman–Crippen LogP) is 8.69. The molecule has 0 spiro atoms. The number of imidazole rings is 2.